The summed E-state index contributed by atoms with van der Waals surface area (Å²) >= 11 is 0. The number of aromatic amines is 1. The molecular weight excluding hydrogens is 178 g/mol. The van der Waals surface area contributed by atoms with Gasteiger partial charge in [0, 0.05) is 31.6 Å². The summed E-state index contributed by atoms with van der Waals surface area (Å²) in [6.07, 6.45) is 3.23. The Hall–Kier alpha value is -1.03. The van der Waals surface area contributed by atoms with E-state index in [0.717, 1.165) is 37.8 Å². The van der Waals surface area contributed by atoms with Crippen molar-refractivity contribution in [1.29, 1.82) is 0 Å². The van der Waals surface area contributed by atoms with Crippen LogP contribution in [0.5, 0.6) is 0 Å². The summed E-state index contributed by atoms with van der Waals surface area (Å²) in [4.78, 5) is 9.84. The normalized spacial score (nSPS) is 23.6. The molecule has 14 heavy (non-hydrogen) atoms. The molecule has 2 rings (SSSR count). The molecule has 0 saturated carbocycles. The van der Waals surface area contributed by atoms with Crippen LogP contribution in [-0.2, 0) is 4.74 Å². The molecule has 1 atom stereocenters. The van der Waals surface area contributed by atoms with Gasteiger partial charge in [0.05, 0.1) is 6.10 Å². The third-order valence-corrected chi connectivity index (χ3v) is 2.44. The van der Waals surface area contributed by atoms with Gasteiger partial charge in [0.25, 0.3) is 0 Å². The molecule has 0 aliphatic carbocycles. The van der Waals surface area contributed by atoms with Gasteiger partial charge in [0.1, 0.15) is 0 Å². The molecular formula is C10H17N3O. The number of aryl methyl sites for hydroxylation is 1. The van der Waals surface area contributed by atoms with Crippen LogP contribution in [0, 0.1) is 6.92 Å². The van der Waals surface area contributed by atoms with Gasteiger partial charge in [-0.2, -0.15) is 0 Å². The van der Waals surface area contributed by atoms with Gasteiger partial charge in [-0.05, 0) is 20.3 Å². The molecule has 1 fully saturated rings. The molecule has 0 bridgehead atoms. The molecule has 4 nitrogen and oxygen atoms in total. The average molecular weight is 195 g/mol. The number of nitrogens with one attached hydrogen (secondary N) is 1. The lowest BCUT2D eigenvalue weighted by atomic mass is 10.3. The number of rotatable bonds is 1. The Kier molecular flexibility index (Phi) is 2.72. The topological polar surface area (TPSA) is 41.2 Å². The van der Waals surface area contributed by atoms with E-state index in [2.05, 4.69) is 21.8 Å². The molecule has 0 radical (unpaired) electrons. The van der Waals surface area contributed by atoms with E-state index in [9.17, 15) is 0 Å². The monoisotopic (exact) mass is 195 g/mol. The molecule has 1 aromatic heterocycles. The first kappa shape index (κ1) is 9.52. The van der Waals surface area contributed by atoms with Crippen LogP contribution in [0.3, 0.4) is 0 Å². The first-order valence-corrected chi connectivity index (χ1v) is 5.14. The van der Waals surface area contributed by atoms with Crippen molar-refractivity contribution < 1.29 is 4.74 Å². The van der Waals surface area contributed by atoms with Crippen LogP contribution in [0.4, 0.5) is 5.95 Å². The molecule has 1 saturated heterocycles. The van der Waals surface area contributed by atoms with E-state index in [1.807, 2.05) is 13.1 Å². The third-order valence-electron chi connectivity index (χ3n) is 2.44. The van der Waals surface area contributed by atoms with Gasteiger partial charge in [0.2, 0.25) is 5.95 Å². The van der Waals surface area contributed by atoms with Crippen molar-refractivity contribution in [3.05, 3.63) is 11.9 Å². The maximum Gasteiger partial charge on any atom is 0.203 e. The summed E-state index contributed by atoms with van der Waals surface area (Å²) in [5.74, 6) is 0.972. The highest BCUT2D eigenvalue weighted by atomic mass is 16.5. The second kappa shape index (κ2) is 4.00. The van der Waals surface area contributed by atoms with Crippen molar-refractivity contribution in [2.75, 3.05) is 24.6 Å². The molecule has 78 valence electrons. The Morgan fingerprint density at radius 3 is 3.21 bits per heavy atom. The fraction of sp³-hybridized carbons (Fsp3) is 0.700. The molecule has 4 heteroatoms. The lowest BCUT2D eigenvalue weighted by Gasteiger charge is -2.20. The smallest absolute Gasteiger partial charge is 0.203 e. The average Bonchev–Trinajstić information content (AvgIpc) is 2.45. The molecule has 0 aromatic carbocycles. The lowest BCUT2D eigenvalue weighted by molar-refractivity contribution is 0.0820. The largest absolute Gasteiger partial charge is 0.377 e. The number of aromatic nitrogens is 2. The minimum Gasteiger partial charge on any atom is -0.377 e. The zero-order valence-electron chi connectivity index (χ0n) is 8.79. The molecule has 1 N–H and O–H groups in total. The van der Waals surface area contributed by atoms with Crippen LogP contribution in [0.25, 0.3) is 0 Å². The van der Waals surface area contributed by atoms with E-state index in [1.54, 1.807) is 0 Å². The van der Waals surface area contributed by atoms with Crippen molar-refractivity contribution in [3.8, 4) is 0 Å². The number of imidazole rings is 1. The Labute approximate surface area is 84.3 Å². The first-order valence-electron chi connectivity index (χ1n) is 5.14. The molecule has 1 unspecified atom stereocenters. The van der Waals surface area contributed by atoms with Crippen LogP contribution in [-0.4, -0.2) is 35.8 Å². The maximum absolute atomic E-state index is 5.58. The standard InChI is InChI=1S/C10H17N3O/c1-8-6-11-10(12-8)13-4-3-5-14-9(2)7-13/h6,9H,3-5,7H2,1-2H3,(H,11,12). The van der Waals surface area contributed by atoms with Gasteiger partial charge < -0.3 is 14.6 Å². The van der Waals surface area contributed by atoms with E-state index < -0.39 is 0 Å². The number of anilines is 1. The van der Waals surface area contributed by atoms with Crippen molar-refractivity contribution in [1.82, 2.24) is 9.97 Å². The molecule has 2 heterocycles. The van der Waals surface area contributed by atoms with Crippen molar-refractivity contribution in [2.45, 2.75) is 26.4 Å². The van der Waals surface area contributed by atoms with E-state index in [1.165, 1.54) is 0 Å². The van der Waals surface area contributed by atoms with Crippen LogP contribution in [0.15, 0.2) is 6.20 Å². The number of ether oxygens (including phenoxy) is 1. The number of nitrogens with zero attached hydrogens (tertiary/aromatic N) is 2. The fourth-order valence-electron chi connectivity index (χ4n) is 1.75. The minimum atomic E-state index is 0.294. The molecule has 0 amide bonds. The predicted octanol–water partition coefficient (Wildman–Crippen LogP) is 1.33. The first-order chi connectivity index (χ1) is 6.75. The summed E-state index contributed by atoms with van der Waals surface area (Å²) in [7, 11) is 0. The maximum atomic E-state index is 5.58. The van der Waals surface area contributed by atoms with Gasteiger partial charge in [-0.1, -0.05) is 0 Å². The van der Waals surface area contributed by atoms with Gasteiger partial charge in [-0.15, -0.1) is 0 Å². The summed E-state index contributed by atoms with van der Waals surface area (Å²) in [6, 6.07) is 0. The van der Waals surface area contributed by atoms with Crippen LogP contribution in [0.1, 0.15) is 19.0 Å². The summed E-state index contributed by atoms with van der Waals surface area (Å²) in [6.45, 7) is 6.93. The fourth-order valence-corrected chi connectivity index (χ4v) is 1.75. The second-order valence-corrected chi connectivity index (χ2v) is 3.87. The molecule has 1 aliphatic rings. The van der Waals surface area contributed by atoms with Gasteiger partial charge in [-0.3, -0.25) is 0 Å². The number of hydrogen-bond acceptors (Lipinski definition) is 3. The Morgan fingerprint density at radius 1 is 1.64 bits per heavy atom. The molecule has 0 spiro atoms. The van der Waals surface area contributed by atoms with Crippen molar-refractivity contribution in [3.63, 3.8) is 0 Å². The third kappa shape index (κ3) is 2.07. The summed E-state index contributed by atoms with van der Waals surface area (Å²) < 4.78 is 5.58. The van der Waals surface area contributed by atoms with Crippen LogP contribution in [0.2, 0.25) is 0 Å². The summed E-state index contributed by atoms with van der Waals surface area (Å²) in [5, 5.41) is 0. The Morgan fingerprint density at radius 2 is 2.50 bits per heavy atom. The molecule has 1 aromatic rings. The van der Waals surface area contributed by atoms with Crippen LogP contribution < -0.4 is 4.90 Å². The minimum absolute atomic E-state index is 0.294. The van der Waals surface area contributed by atoms with E-state index in [-0.39, 0.29) is 0 Å². The van der Waals surface area contributed by atoms with E-state index in [0.29, 0.717) is 6.10 Å². The Balaban J connectivity index is 2.08. The highest BCUT2D eigenvalue weighted by Gasteiger charge is 2.16. The second-order valence-electron chi connectivity index (χ2n) is 3.87. The zero-order valence-corrected chi connectivity index (χ0v) is 8.79. The van der Waals surface area contributed by atoms with Gasteiger partial charge >= 0.3 is 0 Å². The van der Waals surface area contributed by atoms with Gasteiger partial charge in [0.15, 0.2) is 0 Å². The SMILES string of the molecule is Cc1cnc(N2CCCOC(C)C2)[nH]1. The van der Waals surface area contributed by atoms with Crippen molar-refractivity contribution in [2.24, 2.45) is 0 Å². The highest BCUT2D eigenvalue weighted by Crippen LogP contribution is 2.13. The number of hydrogen-bond donors (Lipinski definition) is 1. The van der Waals surface area contributed by atoms with Gasteiger partial charge in [-0.25, -0.2) is 4.98 Å². The molecule has 1 aliphatic heterocycles. The van der Waals surface area contributed by atoms with Crippen molar-refractivity contribution >= 4 is 5.95 Å². The zero-order chi connectivity index (χ0) is 9.97. The lowest BCUT2D eigenvalue weighted by Crippen LogP contribution is -2.30. The van der Waals surface area contributed by atoms with E-state index in [4.69, 9.17) is 4.74 Å². The summed E-state index contributed by atoms with van der Waals surface area (Å²) in [5.41, 5.74) is 1.11. The van der Waals surface area contributed by atoms with E-state index >= 15 is 0 Å². The quantitative estimate of drug-likeness (QED) is 0.735. The Bertz CT molecular complexity index is 297. The van der Waals surface area contributed by atoms with Crippen LogP contribution >= 0.6 is 0 Å². The highest BCUT2D eigenvalue weighted by molar-refractivity contribution is 5.31. The number of H-pyrrole nitrogens is 1. The predicted molar refractivity (Wildman–Crippen MR) is 55.6 cm³/mol.